The van der Waals surface area contributed by atoms with Crippen LogP contribution in [-0.2, 0) is 20.3 Å². The lowest BCUT2D eigenvalue weighted by molar-refractivity contribution is -0.0633. The molecule has 4 nitrogen and oxygen atoms in total. The zero-order valence-corrected chi connectivity index (χ0v) is 37.9. The van der Waals surface area contributed by atoms with Crippen molar-refractivity contribution in [2.24, 2.45) is 46.3 Å². The molecule has 1 saturated heterocycles. The van der Waals surface area contributed by atoms with Gasteiger partial charge in [0.15, 0.2) is 0 Å². The van der Waals surface area contributed by atoms with Crippen LogP contribution in [-0.4, -0.2) is 30.9 Å². The monoisotopic (exact) mass is 778 g/mol. The van der Waals surface area contributed by atoms with Crippen LogP contribution in [0, 0.1) is 46.3 Å². The lowest BCUT2D eigenvalue weighted by Crippen LogP contribution is -2.51. The van der Waals surface area contributed by atoms with Crippen molar-refractivity contribution in [1.29, 1.82) is 0 Å². The molecular weight excluding hydrogens is 699 g/mol. The Morgan fingerprint density at radius 2 is 1.39 bits per heavy atom. The van der Waals surface area contributed by atoms with Crippen molar-refractivity contribution in [1.82, 2.24) is 5.32 Å². The van der Waals surface area contributed by atoms with Crippen LogP contribution < -0.4 is 5.32 Å². The second-order valence-electron chi connectivity index (χ2n) is 22.7. The fourth-order valence-corrected chi connectivity index (χ4v) is 13.2. The quantitative estimate of drug-likeness (QED) is 0.193. The summed E-state index contributed by atoms with van der Waals surface area (Å²) in [7, 11) is 0. The first kappa shape index (κ1) is 42.5. The van der Waals surface area contributed by atoms with Gasteiger partial charge in [-0.15, -0.1) is 0 Å². The highest BCUT2D eigenvalue weighted by Gasteiger charge is 2.59. The van der Waals surface area contributed by atoms with Gasteiger partial charge in [0.2, 0.25) is 0 Å². The van der Waals surface area contributed by atoms with Crippen molar-refractivity contribution in [2.75, 3.05) is 6.54 Å². The molecular formula is C53H79NO3. The molecule has 1 heterocycles. The van der Waals surface area contributed by atoms with Gasteiger partial charge in [-0.3, -0.25) is 0 Å². The van der Waals surface area contributed by atoms with Crippen LogP contribution in [0.1, 0.15) is 181 Å². The Kier molecular flexibility index (Phi) is 12.3. The molecule has 10 atom stereocenters. The van der Waals surface area contributed by atoms with Gasteiger partial charge in [0.05, 0.1) is 0 Å². The molecule has 2 aromatic carbocycles. The maximum atomic E-state index is 13.5. The summed E-state index contributed by atoms with van der Waals surface area (Å²) in [6.45, 7) is 26.8. The summed E-state index contributed by atoms with van der Waals surface area (Å²) in [5.74, 6) is 5.14. The van der Waals surface area contributed by atoms with E-state index in [0.717, 1.165) is 61.2 Å². The van der Waals surface area contributed by atoms with Gasteiger partial charge in [-0.2, -0.15) is 0 Å². The van der Waals surface area contributed by atoms with Gasteiger partial charge in [-0.1, -0.05) is 156 Å². The Balaban J connectivity index is 0.965. The Hall–Kier alpha value is -2.59. The molecule has 7 rings (SSSR count). The Morgan fingerprint density at radius 1 is 0.772 bits per heavy atom. The van der Waals surface area contributed by atoms with Crippen LogP contribution >= 0.6 is 0 Å². The van der Waals surface area contributed by atoms with E-state index in [1.165, 1.54) is 73.6 Å². The second kappa shape index (κ2) is 16.5. The molecule has 4 heteroatoms. The average Bonchev–Trinajstić information content (AvgIpc) is 3.75. The second-order valence-corrected chi connectivity index (χ2v) is 22.7. The number of carbonyl (C=O) groups is 1. The zero-order valence-electron chi connectivity index (χ0n) is 37.9. The van der Waals surface area contributed by atoms with Gasteiger partial charge in [0.1, 0.15) is 12.2 Å². The number of fused-ring (bicyclic) bond motifs is 5. The third kappa shape index (κ3) is 8.83. The van der Waals surface area contributed by atoms with Gasteiger partial charge in [0, 0.05) is 31.3 Å². The number of ether oxygens (including phenoxy) is 2. The van der Waals surface area contributed by atoms with E-state index in [9.17, 15) is 4.79 Å². The summed E-state index contributed by atoms with van der Waals surface area (Å²) >= 11 is 0. The number of benzene rings is 2. The van der Waals surface area contributed by atoms with Crippen LogP contribution in [0.2, 0.25) is 0 Å². The summed E-state index contributed by atoms with van der Waals surface area (Å²) in [5, 5.41) is 3.77. The highest BCUT2D eigenvalue weighted by atomic mass is 16.7. The predicted molar refractivity (Wildman–Crippen MR) is 237 cm³/mol. The van der Waals surface area contributed by atoms with E-state index in [0.29, 0.717) is 12.0 Å². The standard InChI is InChI=1S/C53H79NO3/c1-34(2)13-12-14-35(3)44-25-26-45-43-24-23-40-31-41(27-29-52(40,10)46(43)28-30-53(44,45)11)56-49(55)57-42-32-47(54-33-42)48(36-15-19-38(20-16-36)50(4,5)6)37-17-21-39(22-18-37)51(7,8)9/h15-23,34-35,41-48,54H,12-14,24-33H2,1-11H3/t35?,41?,42-,43?,44?,45?,46?,47?,52?,53?/m1/s1. The largest absolute Gasteiger partial charge is 0.508 e. The van der Waals surface area contributed by atoms with Gasteiger partial charge in [-0.25, -0.2) is 4.79 Å². The fraction of sp³-hybridized carbons (Fsp3) is 0.717. The smallest absolute Gasteiger partial charge is 0.431 e. The van der Waals surface area contributed by atoms with E-state index in [2.05, 4.69) is 136 Å². The van der Waals surface area contributed by atoms with Crippen LogP contribution in [0.3, 0.4) is 0 Å². The molecule has 3 saturated carbocycles. The summed E-state index contributed by atoms with van der Waals surface area (Å²) in [6, 6.07) is 18.5. The van der Waals surface area contributed by atoms with Crippen molar-refractivity contribution in [3.63, 3.8) is 0 Å². The summed E-state index contributed by atoms with van der Waals surface area (Å²) in [4.78, 5) is 13.5. The average molecular weight is 778 g/mol. The zero-order chi connectivity index (χ0) is 40.9. The molecule has 314 valence electrons. The number of allylic oxidation sites excluding steroid dienone is 1. The normalized spacial score (nSPS) is 33.4. The SMILES string of the molecule is CC(C)CCCC(C)C1CCC2C3CC=C4CC(OC(=O)O[C@H]5CNC(C(c6ccc(C(C)(C)C)cc6)c6ccc(C(C)(C)C)cc6)C5)CCC4(C)C3CCC12C. The number of hydrogen-bond acceptors (Lipinski definition) is 4. The highest BCUT2D eigenvalue weighted by molar-refractivity contribution is 5.60. The number of rotatable bonds is 10. The summed E-state index contributed by atoms with van der Waals surface area (Å²) in [5.41, 5.74) is 7.77. The lowest BCUT2D eigenvalue weighted by Gasteiger charge is -2.58. The van der Waals surface area contributed by atoms with Crippen LogP contribution in [0.4, 0.5) is 4.79 Å². The van der Waals surface area contributed by atoms with Crippen molar-refractivity contribution >= 4 is 6.16 Å². The minimum Gasteiger partial charge on any atom is -0.431 e. The minimum absolute atomic E-state index is 0.0923. The van der Waals surface area contributed by atoms with E-state index in [1.54, 1.807) is 5.57 Å². The Morgan fingerprint density at radius 3 is 1.98 bits per heavy atom. The molecule has 0 spiro atoms. The first-order valence-corrected chi connectivity index (χ1v) is 23.4. The van der Waals surface area contributed by atoms with Gasteiger partial charge in [0.25, 0.3) is 0 Å². The Bertz CT molecular complexity index is 1650. The van der Waals surface area contributed by atoms with E-state index < -0.39 is 6.16 Å². The van der Waals surface area contributed by atoms with Crippen LogP contribution in [0.25, 0.3) is 0 Å². The van der Waals surface area contributed by atoms with E-state index in [1.807, 2.05) is 0 Å². The molecule has 0 radical (unpaired) electrons. The fourth-order valence-electron chi connectivity index (χ4n) is 13.2. The van der Waals surface area contributed by atoms with Crippen molar-refractivity contribution in [2.45, 2.75) is 188 Å². The molecule has 0 aromatic heterocycles. The van der Waals surface area contributed by atoms with Gasteiger partial charge >= 0.3 is 6.16 Å². The van der Waals surface area contributed by atoms with Crippen molar-refractivity contribution in [3.05, 3.63) is 82.4 Å². The molecule has 57 heavy (non-hydrogen) atoms. The molecule has 0 bridgehead atoms. The van der Waals surface area contributed by atoms with E-state index in [-0.39, 0.29) is 40.4 Å². The lowest BCUT2D eigenvalue weighted by atomic mass is 9.47. The van der Waals surface area contributed by atoms with E-state index >= 15 is 0 Å². The molecule has 4 aliphatic carbocycles. The van der Waals surface area contributed by atoms with Crippen molar-refractivity contribution in [3.8, 4) is 0 Å². The molecule has 9 unspecified atom stereocenters. The third-order valence-electron chi connectivity index (χ3n) is 16.6. The van der Waals surface area contributed by atoms with Gasteiger partial charge < -0.3 is 14.8 Å². The first-order chi connectivity index (χ1) is 26.9. The third-order valence-corrected chi connectivity index (χ3v) is 16.6. The number of nitrogens with one attached hydrogen (secondary N) is 1. The molecule has 1 N–H and O–H groups in total. The first-order valence-electron chi connectivity index (χ1n) is 23.4. The Labute approximate surface area is 348 Å². The predicted octanol–water partition coefficient (Wildman–Crippen LogP) is 13.7. The highest BCUT2D eigenvalue weighted by Crippen LogP contribution is 2.67. The molecule has 2 aromatic rings. The van der Waals surface area contributed by atoms with Crippen LogP contribution in [0.5, 0.6) is 0 Å². The molecule has 1 aliphatic heterocycles. The summed E-state index contributed by atoms with van der Waals surface area (Å²) < 4.78 is 12.3. The number of carbonyl (C=O) groups excluding carboxylic acids is 1. The summed E-state index contributed by atoms with van der Waals surface area (Å²) in [6.07, 6.45) is 16.5. The minimum atomic E-state index is -0.487. The maximum absolute atomic E-state index is 13.5. The van der Waals surface area contributed by atoms with Crippen LogP contribution in [0.15, 0.2) is 60.2 Å². The van der Waals surface area contributed by atoms with E-state index in [4.69, 9.17) is 9.47 Å². The maximum Gasteiger partial charge on any atom is 0.508 e. The molecule has 0 amide bonds. The topological polar surface area (TPSA) is 47.6 Å². The number of hydrogen-bond donors (Lipinski definition) is 1. The van der Waals surface area contributed by atoms with Gasteiger partial charge in [-0.05, 0) is 124 Å². The molecule has 5 aliphatic rings. The van der Waals surface area contributed by atoms with Crippen molar-refractivity contribution < 1.29 is 14.3 Å². The molecule has 4 fully saturated rings.